The summed E-state index contributed by atoms with van der Waals surface area (Å²) in [6.45, 7) is 2.15. The van der Waals surface area contributed by atoms with Gasteiger partial charge < -0.3 is 0 Å². The molecule has 1 saturated heterocycles. The minimum absolute atomic E-state index is 0.0507. The normalized spacial score (nSPS) is 18.4. The molecule has 0 bridgehead atoms. The quantitative estimate of drug-likeness (QED) is 0.870. The van der Waals surface area contributed by atoms with Crippen molar-refractivity contribution in [2.24, 2.45) is 5.92 Å². The molecule has 2 aromatic rings. The molecule has 1 aliphatic rings. The molecule has 3 heterocycles. The molecule has 5 nitrogen and oxygen atoms in total. The maximum atomic E-state index is 12.2. The summed E-state index contributed by atoms with van der Waals surface area (Å²) in [6.07, 6.45) is 3.87. The molecule has 21 heavy (non-hydrogen) atoms. The van der Waals surface area contributed by atoms with Crippen LogP contribution in [-0.4, -0.2) is 33.3 Å². The first kappa shape index (κ1) is 14.0. The molecule has 0 spiro atoms. The van der Waals surface area contributed by atoms with Crippen molar-refractivity contribution in [1.29, 1.82) is 0 Å². The van der Waals surface area contributed by atoms with E-state index in [2.05, 4.69) is 9.97 Å². The van der Waals surface area contributed by atoms with E-state index in [0.29, 0.717) is 24.5 Å². The Morgan fingerprint density at radius 1 is 1.38 bits per heavy atom. The van der Waals surface area contributed by atoms with E-state index in [9.17, 15) is 9.59 Å². The zero-order chi connectivity index (χ0) is 14.8. The van der Waals surface area contributed by atoms with E-state index in [-0.39, 0.29) is 16.9 Å². The van der Waals surface area contributed by atoms with Gasteiger partial charge in [-0.15, -0.1) is 0 Å². The molecule has 2 aromatic heterocycles. The van der Waals surface area contributed by atoms with E-state index in [1.54, 1.807) is 24.2 Å². The van der Waals surface area contributed by atoms with Crippen LogP contribution in [0, 0.1) is 5.92 Å². The number of rotatable bonds is 3. The van der Waals surface area contributed by atoms with Crippen molar-refractivity contribution in [3.63, 3.8) is 0 Å². The summed E-state index contributed by atoms with van der Waals surface area (Å²) >= 11 is 1.28. The lowest BCUT2D eigenvalue weighted by molar-refractivity contribution is -0.117. The molecule has 3 rings (SSSR count). The summed E-state index contributed by atoms with van der Waals surface area (Å²) in [5.74, 6) is 1.53. The Morgan fingerprint density at radius 2 is 2.24 bits per heavy atom. The highest BCUT2D eigenvalue weighted by molar-refractivity contribution is 8.13. The van der Waals surface area contributed by atoms with Gasteiger partial charge in [0.1, 0.15) is 5.52 Å². The fourth-order valence-electron chi connectivity index (χ4n) is 2.52. The van der Waals surface area contributed by atoms with Crippen LogP contribution in [0.25, 0.3) is 10.9 Å². The highest BCUT2D eigenvalue weighted by atomic mass is 32.2. The molecule has 1 atom stereocenters. The van der Waals surface area contributed by atoms with E-state index >= 15 is 0 Å². The third-order valence-electron chi connectivity index (χ3n) is 3.48. The van der Waals surface area contributed by atoms with Gasteiger partial charge in [-0.2, -0.15) is 0 Å². The van der Waals surface area contributed by atoms with Gasteiger partial charge in [-0.3, -0.25) is 19.5 Å². The Morgan fingerprint density at radius 3 is 3.05 bits per heavy atom. The lowest BCUT2D eigenvalue weighted by atomic mass is 10.1. The monoisotopic (exact) mass is 301 g/mol. The minimum atomic E-state index is 0.0507. The van der Waals surface area contributed by atoms with Gasteiger partial charge in [0.05, 0.1) is 0 Å². The van der Waals surface area contributed by atoms with Crippen LogP contribution in [0.5, 0.6) is 0 Å². The first-order valence-electron chi connectivity index (χ1n) is 6.78. The Balaban J connectivity index is 1.86. The molecular formula is C15H15N3O2S. The highest BCUT2D eigenvalue weighted by Gasteiger charge is 2.32. The van der Waals surface area contributed by atoms with E-state index in [1.165, 1.54) is 11.8 Å². The van der Waals surface area contributed by atoms with Crippen LogP contribution in [0.4, 0.5) is 5.82 Å². The Bertz CT molecular complexity index is 699. The molecule has 0 radical (unpaired) electrons. The number of hydrogen-bond donors (Lipinski definition) is 0. The van der Waals surface area contributed by atoms with E-state index < -0.39 is 0 Å². The Labute approximate surface area is 126 Å². The molecule has 1 aliphatic heterocycles. The van der Waals surface area contributed by atoms with E-state index in [0.717, 1.165) is 10.9 Å². The predicted octanol–water partition coefficient (Wildman–Crippen LogP) is 2.26. The molecule has 6 heteroatoms. The molecule has 1 fully saturated rings. The second kappa shape index (κ2) is 5.81. The first-order valence-corrected chi connectivity index (χ1v) is 7.77. The molecule has 0 saturated carbocycles. The van der Waals surface area contributed by atoms with E-state index in [4.69, 9.17) is 0 Å². The molecule has 1 amide bonds. The number of fused-ring (bicyclic) bond motifs is 1. The maximum Gasteiger partial charge on any atom is 0.228 e. The number of nitrogens with zero attached hydrogens (tertiary/aromatic N) is 3. The van der Waals surface area contributed by atoms with Crippen molar-refractivity contribution in [1.82, 2.24) is 9.97 Å². The molecule has 0 aromatic carbocycles. The minimum Gasteiger partial charge on any atom is -0.295 e. The molecular weight excluding hydrogens is 286 g/mol. The summed E-state index contributed by atoms with van der Waals surface area (Å²) in [7, 11) is 0. The second-order valence-electron chi connectivity index (χ2n) is 5.09. The van der Waals surface area contributed by atoms with Gasteiger partial charge in [0, 0.05) is 43.4 Å². The number of thioether (sulfide) groups is 1. The van der Waals surface area contributed by atoms with Crippen LogP contribution in [0.15, 0.2) is 30.6 Å². The van der Waals surface area contributed by atoms with Crippen LogP contribution < -0.4 is 4.90 Å². The Kier molecular flexibility index (Phi) is 3.88. The van der Waals surface area contributed by atoms with Gasteiger partial charge in [-0.1, -0.05) is 17.8 Å². The fourth-order valence-corrected chi connectivity index (χ4v) is 3.21. The molecule has 108 valence electrons. The van der Waals surface area contributed by atoms with E-state index in [1.807, 2.05) is 18.2 Å². The zero-order valence-electron chi connectivity index (χ0n) is 11.7. The second-order valence-corrected chi connectivity index (χ2v) is 6.28. The van der Waals surface area contributed by atoms with Crippen molar-refractivity contribution in [2.75, 3.05) is 17.2 Å². The Hall–Kier alpha value is -1.95. The SMILES string of the molecule is CC(=O)SCC1CC(=O)N(c2nccc3cccnc23)C1. The number of pyridine rings is 2. The molecule has 1 unspecified atom stereocenters. The standard InChI is InChI=1S/C15H15N3O2S/c1-10(19)21-9-11-7-13(20)18(8-11)15-14-12(4-6-17-15)3-2-5-16-14/h2-6,11H,7-9H2,1H3. The van der Waals surface area contributed by atoms with Crippen molar-refractivity contribution < 1.29 is 9.59 Å². The van der Waals surface area contributed by atoms with Crippen LogP contribution >= 0.6 is 11.8 Å². The summed E-state index contributed by atoms with van der Waals surface area (Å²) < 4.78 is 0. The molecule has 0 N–H and O–H groups in total. The van der Waals surface area contributed by atoms with Gasteiger partial charge in [-0.05, 0) is 18.1 Å². The lowest BCUT2D eigenvalue weighted by Crippen LogP contribution is -2.26. The first-order chi connectivity index (χ1) is 10.1. The number of amides is 1. The third-order valence-corrected chi connectivity index (χ3v) is 4.53. The fraction of sp³-hybridized carbons (Fsp3) is 0.333. The molecule has 0 aliphatic carbocycles. The number of carbonyl (C=O) groups is 2. The highest BCUT2D eigenvalue weighted by Crippen LogP contribution is 2.29. The van der Waals surface area contributed by atoms with Crippen LogP contribution in [0.3, 0.4) is 0 Å². The summed E-state index contributed by atoms with van der Waals surface area (Å²) in [6, 6.07) is 5.71. The average Bonchev–Trinajstić information content (AvgIpc) is 2.85. The summed E-state index contributed by atoms with van der Waals surface area (Å²) in [5, 5.41) is 1.06. The average molecular weight is 301 g/mol. The van der Waals surface area contributed by atoms with Crippen molar-refractivity contribution in [3.8, 4) is 0 Å². The van der Waals surface area contributed by atoms with Gasteiger partial charge in [-0.25, -0.2) is 4.98 Å². The largest absolute Gasteiger partial charge is 0.295 e. The number of anilines is 1. The lowest BCUT2D eigenvalue weighted by Gasteiger charge is -2.16. The van der Waals surface area contributed by atoms with Gasteiger partial charge in [0.15, 0.2) is 10.9 Å². The van der Waals surface area contributed by atoms with Gasteiger partial charge >= 0.3 is 0 Å². The van der Waals surface area contributed by atoms with Gasteiger partial charge in [0.2, 0.25) is 5.91 Å². The number of hydrogen-bond acceptors (Lipinski definition) is 5. The van der Waals surface area contributed by atoms with Crippen molar-refractivity contribution >= 4 is 39.5 Å². The topological polar surface area (TPSA) is 63.2 Å². The summed E-state index contributed by atoms with van der Waals surface area (Å²) in [4.78, 5) is 33.7. The van der Waals surface area contributed by atoms with Crippen molar-refractivity contribution in [3.05, 3.63) is 30.6 Å². The van der Waals surface area contributed by atoms with Crippen molar-refractivity contribution in [2.45, 2.75) is 13.3 Å². The maximum absolute atomic E-state index is 12.2. The predicted molar refractivity (Wildman–Crippen MR) is 83.1 cm³/mol. The number of carbonyl (C=O) groups excluding carboxylic acids is 2. The zero-order valence-corrected chi connectivity index (χ0v) is 12.5. The van der Waals surface area contributed by atoms with Gasteiger partial charge in [0.25, 0.3) is 0 Å². The third kappa shape index (κ3) is 2.90. The smallest absolute Gasteiger partial charge is 0.228 e. The van der Waals surface area contributed by atoms with Crippen LogP contribution in [0.2, 0.25) is 0 Å². The summed E-state index contributed by atoms with van der Waals surface area (Å²) in [5.41, 5.74) is 0.744. The van der Waals surface area contributed by atoms with Crippen LogP contribution in [0.1, 0.15) is 13.3 Å². The number of aromatic nitrogens is 2. The van der Waals surface area contributed by atoms with Crippen LogP contribution in [-0.2, 0) is 9.59 Å².